The molecule has 0 unspecified atom stereocenters. The van der Waals surface area contributed by atoms with E-state index >= 15 is 0 Å². The third kappa shape index (κ3) is 5.08. The van der Waals surface area contributed by atoms with E-state index in [9.17, 15) is 14.7 Å². The van der Waals surface area contributed by atoms with Gasteiger partial charge >= 0.3 is 5.97 Å². The van der Waals surface area contributed by atoms with Crippen LogP contribution in [0.1, 0.15) is 36.5 Å². The van der Waals surface area contributed by atoms with Crippen LogP contribution in [-0.2, 0) is 4.79 Å². The minimum atomic E-state index is -1.03. The molecule has 0 radical (unpaired) electrons. The first-order chi connectivity index (χ1) is 11.6. The van der Waals surface area contributed by atoms with Crippen molar-refractivity contribution in [3.63, 3.8) is 0 Å². The molecular weight excluding hydrogens is 308 g/mol. The highest BCUT2D eigenvalue weighted by Gasteiger charge is 2.20. The van der Waals surface area contributed by atoms with Gasteiger partial charge in [0.15, 0.2) is 0 Å². The lowest BCUT2D eigenvalue weighted by Gasteiger charge is -2.14. The molecule has 2 N–H and O–H groups in total. The second-order valence-corrected chi connectivity index (χ2v) is 5.32. The lowest BCUT2D eigenvalue weighted by atomic mass is 10.1. The van der Waals surface area contributed by atoms with Crippen molar-refractivity contribution in [1.29, 1.82) is 0 Å². The summed E-state index contributed by atoms with van der Waals surface area (Å²) in [6.07, 6.45) is 5.23. The summed E-state index contributed by atoms with van der Waals surface area (Å²) in [7, 11) is 0. The molecule has 1 atom stereocenters. The van der Waals surface area contributed by atoms with Crippen molar-refractivity contribution in [3.8, 4) is 11.5 Å². The highest BCUT2D eigenvalue weighted by molar-refractivity contribution is 5.96. The van der Waals surface area contributed by atoms with E-state index in [-0.39, 0.29) is 0 Å². The van der Waals surface area contributed by atoms with Crippen molar-refractivity contribution in [3.05, 3.63) is 54.4 Å². The average molecular weight is 328 g/mol. The number of amides is 1. The number of rotatable bonds is 8. The molecule has 0 saturated carbocycles. The Morgan fingerprint density at radius 2 is 1.96 bits per heavy atom. The Balaban J connectivity index is 2.06. The number of unbranched alkanes of at least 4 members (excludes halogenated alkanes) is 1. The highest BCUT2D eigenvalue weighted by atomic mass is 16.5. The zero-order chi connectivity index (χ0) is 17.4. The largest absolute Gasteiger partial charge is 0.480 e. The van der Waals surface area contributed by atoms with E-state index in [0.29, 0.717) is 23.5 Å². The topological polar surface area (TPSA) is 88.5 Å². The molecule has 1 aromatic carbocycles. The Bertz CT molecular complexity index is 688. The van der Waals surface area contributed by atoms with Crippen LogP contribution >= 0.6 is 0 Å². The summed E-state index contributed by atoms with van der Waals surface area (Å²) in [5.41, 5.74) is 0.351. The molecule has 0 spiro atoms. The van der Waals surface area contributed by atoms with Crippen LogP contribution in [0.3, 0.4) is 0 Å². The van der Waals surface area contributed by atoms with Crippen molar-refractivity contribution < 1.29 is 19.4 Å². The molecule has 0 fully saturated rings. The number of aliphatic carboxylic acids is 1. The second kappa shape index (κ2) is 8.67. The number of nitrogens with zero attached hydrogens (tertiary/aromatic N) is 1. The fourth-order valence-corrected chi connectivity index (χ4v) is 2.15. The molecule has 0 aliphatic heterocycles. The minimum absolute atomic E-state index is 0.351. The van der Waals surface area contributed by atoms with Gasteiger partial charge in [-0.2, -0.15) is 0 Å². The molecule has 6 heteroatoms. The van der Waals surface area contributed by atoms with Gasteiger partial charge in [-0.1, -0.05) is 25.8 Å². The number of hydrogen-bond acceptors (Lipinski definition) is 4. The number of carboxylic acids is 1. The summed E-state index contributed by atoms with van der Waals surface area (Å²) in [5.74, 6) is -0.358. The maximum Gasteiger partial charge on any atom is 0.326 e. The Morgan fingerprint density at radius 1 is 1.21 bits per heavy atom. The van der Waals surface area contributed by atoms with Gasteiger partial charge in [0.25, 0.3) is 5.91 Å². The third-order valence-electron chi connectivity index (χ3n) is 3.43. The molecule has 1 heterocycles. The number of ether oxygens (including phenoxy) is 1. The van der Waals surface area contributed by atoms with E-state index in [0.717, 1.165) is 12.8 Å². The van der Waals surface area contributed by atoms with Gasteiger partial charge in [-0.25, -0.2) is 4.79 Å². The monoisotopic (exact) mass is 328 g/mol. The Morgan fingerprint density at radius 3 is 2.62 bits per heavy atom. The van der Waals surface area contributed by atoms with Gasteiger partial charge in [0, 0.05) is 18.0 Å². The fraction of sp³-hybridized carbons (Fsp3) is 0.278. The van der Waals surface area contributed by atoms with Gasteiger partial charge in [0.2, 0.25) is 0 Å². The molecule has 0 saturated heterocycles. The molecule has 2 rings (SSSR count). The zero-order valence-corrected chi connectivity index (χ0v) is 13.4. The Labute approximate surface area is 140 Å². The maximum atomic E-state index is 12.3. The Hall–Kier alpha value is -2.89. The number of nitrogens with one attached hydrogen (secondary N) is 1. The smallest absolute Gasteiger partial charge is 0.326 e. The van der Waals surface area contributed by atoms with Gasteiger partial charge in [0.05, 0.1) is 0 Å². The van der Waals surface area contributed by atoms with Gasteiger partial charge < -0.3 is 15.2 Å². The quantitative estimate of drug-likeness (QED) is 0.776. The van der Waals surface area contributed by atoms with Crippen molar-refractivity contribution >= 4 is 11.9 Å². The molecule has 6 nitrogen and oxygen atoms in total. The van der Waals surface area contributed by atoms with Crippen LogP contribution < -0.4 is 10.1 Å². The Kier molecular flexibility index (Phi) is 6.31. The average Bonchev–Trinajstić information content (AvgIpc) is 2.59. The van der Waals surface area contributed by atoms with Crippen LogP contribution in [0.4, 0.5) is 0 Å². The third-order valence-corrected chi connectivity index (χ3v) is 3.43. The number of carbonyl (C=O) groups excluding carboxylic acids is 1. The SMILES string of the molecule is CCCC[C@H](NC(=O)c1cccc(Oc2ccncc2)c1)C(=O)O. The van der Waals surface area contributed by atoms with E-state index in [2.05, 4.69) is 10.3 Å². The summed E-state index contributed by atoms with van der Waals surface area (Å²) in [6, 6.07) is 9.14. The van der Waals surface area contributed by atoms with Crippen LogP contribution in [0.25, 0.3) is 0 Å². The van der Waals surface area contributed by atoms with Crippen molar-refractivity contribution in [2.45, 2.75) is 32.2 Å². The first-order valence-electron chi connectivity index (χ1n) is 7.81. The molecule has 0 aliphatic rings. The van der Waals surface area contributed by atoms with Crippen LogP contribution in [0.15, 0.2) is 48.8 Å². The highest BCUT2D eigenvalue weighted by Crippen LogP contribution is 2.21. The number of carboxylic acid groups (broad SMARTS) is 1. The predicted molar refractivity (Wildman–Crippen MR) is 89.2 cm³/mol. The van der Waals surface area contributed by atoms with E-state index in [1.165, 1.54) is 0 Å². The van der Waals surface area contributed by atoms with Gasteiger partial charge in [-0.15, -0.1) is 0 Å². The molecule has 1 amide bonds. The molecule has 126 valence electrons. The molecule has 24 heavy (non-hydrogen) atoms. The normalized spacial score (nSPS) is 11.5. The van der Waals surface area contributed by atoms with Crippen molar-refractivity contribution in [2.75, 3.05) is 0 Å². The lowest BCUT2D eigenvalue weighted by Crippen LogP contribution is -2.40. The lowest BCUT2D eigenvalue weighted by molar-refractivity contribution is -0.139. The number of hydrogen-bond donors (Lipinski definition) is 2. The van der Waals surface area contributed by atoms with Gasteiger partial charge in [-0.05, 0) is 36.8 Å². The van der Waals surface area contributed by atoms with E-state index in [4.69, 9.17) is 4.74 Å². The summed E-state index contributed by atoms with van der Waals surface area (Å²) < 4.78 is 5.65. The van der Waals surface area contributed by atoms with Crippen molar-refractivity contribution in [2.24, 2.45) is 0 Å². The van der Waals surface area contributed by atoms with Crippen LogP contribution in [0, 0.1) is 0 Å². The number of benzene rings is 1. The first-order valence-corrected chi connectivity index (χ1v) is 7.81. The summed E-state index contributed by atoms with van der Waals surface area (Å²) in [5, 5.41) is 11.8. The molecule has 0 bridgehead atoms. The van der Waals surface area contributed by atoms with Gasteiger partial charge in [0.1, 0.15) is 17.5 Å². The fourth-order valence-electron chi connectivity index (χ4n) is 2.15. The van der Waals surface area contributed by atoms with Gasteiger partial charge in [-0.3, -0.25) is 9.78 Å². The number of pyridine rings is 1. The minimum Gasteiger partial charge on any atom is -0.480 e. The van der Waals surface area contributed by atoms with Crippen LogP contribution in [0.5, 0.6) is 11.5 Å². The van der Waals surface area contributed by atoms with Crippen LogP contribution in [-0.4, -0.2) is 28.0 Å². The predicted octanol–water partition coefficient (Wildman–Crippen LogP) is 3.25. The van der Waals surface area contributed by atoms with Crippen LogP contribution in [0.2, 0.25) is 0 Å². The molecule has 2 aromatic rings. The van der Waals surface area contributed by atoms with E-state index in [1.807, 2.05) is 6.92 Å². The van der Waals surface area contributed by atoms with E-state index in [1.54, 1.807) is 48.8 Å². The molecular formula is C18H20N2O4. The zero-order valence-electron chi connectivity index (χ0n) is 13.4. The molecule has 0 aliphatic carbocycles. The number of aromatic nitrogens is 1. The maximum absolute atomic E-state index is 12.3. The summed E-state index contributed by atoms with van der Waals surface area (Å²) >= 11 is 0. The first kappa shape index (κ1) is 17.5. The number of carbonyl (C=O) groups is 2. The standard InChI is InChI=1S/C18H20N2O4/c1-2-3-7-16(18(22)23)20-17(21)13-5-4-6-15(12-13)24-14-8-10-19-11-9-14/h4-6,8-12,16H,2-3,7H2,1H3,(H,20,21)(H,22,23)/t16-/m0/s1. The van der Waals surface area contributed by atoms with Crippen molar-refractivity contribution in [1.82, 2.24) is 10.3 Å². The summed E-state index contributed by atoms with van der Waals surface area (Å²) in [4.78, 5) is 27.4. The molecule has 1 aromatic heterocycles. The summed E-state index contributed by atoms with van der Waals surface area (Å²) in [6.45, 7) is 1.97. The van der Waals surface area contributed by atoms with E-state index < -0.39 is 17.9 Å². The second-order valence-electron chi connectivity index (χ2n) is 5.32.